The molecule has 7 atom stereocenters. The van der Waals surface area contributed by atoms with Crippen molar-refractivity contribution < 1.29 is 39.8 Å². The number of hydrogen-bond acceptors (Lipinski definition) is 8. The van der Waals surface area contributed by atoms with Gasteiger partial charge >= 0.3 is 0 Å². The van der Waals surface area contributed by atoms with Gasteiger partial charge in [-0.1, -0.05) is 329 Å². The van der Waals surface area contributed by atoms with Gasteiger partial charge in [0.1, 0.15) is 24.4 Å². The van der Waals surface area contributed by atoms with Crippen LogP contribution in [0.5, 0.6) is 0 Å². The van der Waals surface area contributed by atoms with Crippen molar-refractivity contribution in [2.75, 3.05) is 13.2 Å². The van der Waals surface area contributed by atoms with Gasteiger partial charge in [0.25, 0.3) is 0 Å². The molecule has 486 valence electrons. The van der Waals surface area contributed by atoms with Gasteiger partial charge in [-0.15, -0.1) is 0 Å². The largest absolute Gasteiger partial charge is 0.394 e. The van der Waals surface area contributed by atoms with Gasteiger partial charge in [-0.2, -0.15) is 0 Å². The number of hydrogen-bond donors (Lipinski definition) is 6. The zero-order valence-corrected chi connectivity index (χ0v) is 54.4. The molecule has 1 aliphatic heterocycles. The molecule has 9 nitrogen and oxygen atoms in total. The van der Waals surface area contributed by atoms with E-state index in [1.165, 1.54) is 212 Å². The Morgan fingerprint density at radius 3 is 1.10 bits per heavy atom. The summed E-state index contributed by atoms with van der Waals surface area (Å²) in [6.07, 6.45) is 85.0. The fraction of sp³-hybridized carbons (Fsp3) is 0.773. The van der Waals surface area contributed by atoms with E-state index in [0.717, 1.165) is 83.5 Å². The summed E-state index contributed by atoms with van der Waals surface area (Å²) in [5, 5.41) is 54.8. The molecular weight excluding hydrogens is 1040 g/mol. The van der Waals surface area contributed by atoms with Gasteiger partial charge < -0.3 is 40.3 Å². The molecule has 0 aromatic heterocycles. The second-order valence-corrected chi connectivity index (χ2v) is 24.3. The third-order valence-corrected chi connectivity index (χ3v) is 16.4. The molecule has 9 heteroatoms. The first kappa shape index (κ1) is 79.1. The number of carbonyl (C=O) groups excluding carboxylic acids is 1. The van der Waals surface area contributed by atoms with Crippen molar-refractivity contribution in [1.82, 2.24) is 5.32 Å². The Hall–Kier alpha value is -2.89. The van der Waals surface area contributed by atoms with Crippen LogP contribution in [0.3, 0.4) is 0 Å². The fourth-order valence-electron chi connectivity index (χ4n) is 10.9. The summed E-state index contributed by atoms with van der Waals surface area (Å²) < 4.78 is 11.3. The van der Waals surface area contributed by atoms with Crippen molar-refractivity contribution in [1.29, 1.82) is 0 Å². The summed E-state index contributed by atoms with van der Waals surface area (Å²) in [4.78, 5) is 13.1. The lowest BCUT2D eigenvalue weighted by Crippen LogP contribution is -2.60. The second kappa shape index (κ2) is 63.1. The van der Waals surface area contributed by atoms with Gasteiger partial charge in [-0.3, -0.25) is 4.79 Å². The molecule has 1 saturated heterocycles. The number of aliphatic hydroxyl groups excluding tert-OH is 5. The van der Waals surface area contributed by atoms with E-state index < -0.39 is 49.5 Å². The van der Waals surface area contributed by atoms with Crippen molar-refractivity contribution in [3.63, 3.8) is 0 Å². The van der Waals surface area contributed by atoms with E-state index in [-0.39, 0.29) is 12.5 Å². The van der Waals surface area contributed by atoms with E-state index in [4.69, 9.17) is 9.47 Å². The maximum Gasteiger partial charge on any atom is 0.220 e. The first-order chi connectivity index (χ1) is 41.3. The minimum Gasteiger partial charge on any atom is -0.394 e. The van der Waals surface area contributed by atoms with Gasteiger partial charge in [-0.05, 0) is 77.0 Å². The lowest BCUT2D eigenvalue weighted by Gasteiger charge is -2.40. The number of carbonyl (C=O) groups is 1. The SMILES string of the molecule is CC/C=C\C/C=C\C/C=C\C/C=C\C/C=C\C/C=C\C/C=C\CCCCCCCCCCCCCCCCCC(=O)NC(COC1OC(CO)C(O)C(O)C1O)C(O)/C=C/CCCCCCCCCCCCCCCCCCCCCCCC. The third-order valence-electron chi connectivity index (χ3n) is 16.4. The number of aliphatic hydroxyl groups is 5. The molecule has 6 N–H and O–H groups in total. The second-order valence-electron chi connectivity index (χ2n) is 24.3. The smallest absolute Gasteiger partial charge is 0.220 e. The number of amides is 1. The van der Waals surface area contributed by atoms with E-state index in [2.05, 4.69) is 104 Å². The van der Waals surface area contributed by atoms with Crippen LogP contribution in [-0.4, -0.2) is 87.5 Å². The van der Waals surface area contributed by atoms with Crippen LogP contribution in [0.15, 0.2) is 97.2 Å². The Bertz CT molecular complexity index is 1650. The predicted molar refractivity (Wildman–Crippen MR) is 359 cm³/mol. The van der Waals surface area contributed by atoms with E-state index >= 15 is 0 Å². The first-order valence-corrected chi connectivity index (χ1v) is 35.5. The summed E-state index contributed by atoms with van der Waals surface area (Å²) in [6.45, 7) is 3.70. The highest BCUT2D eigenvalue weighted by Gasteiger charge is 2.44. The van der Waals surface area contributed by atoms with Gasteiger partial charge in [0, 0.05) is 6.42 Å². The number of unbranched alkanes of at least 4 members (excludes halogenated alkanes) is 37. The molecule has 0 aromatic rings. The molecule has 0 saturated carbocycles. The Labute approximate surface area is 517 Å². The molecule has 0 aromatic carbocycles. The van der Waals surface area contributed by atoms with Crippen molar-refractivity contribution in [2.45, 2.75) is 358 Å². The molecular formula is C75H133NO8. The van der Waals surface area contributed by atoms with Crippen LogP contribution >= 0.6 is 0 Å². The zero-order chi connectivity index (χ0) is 60.7. The van der Waals surface area contributed by atoms with Gasteiger partial charge in [0.05, 0.1) is 25.4 Å². The minimum absolute atomic E-state index is 0.176. The Balaban J connectivity index is 2.12. The highest BCUT2D eigenvalue weighted by Crippen LogP contribution is 2.23. The quantitative estimate of drug-likeness (QED) is 0.0261. The van der Waals surface area contributed by atoms with Crippen molar-refractivity contribution >= 4 is 5.91 Å². The van der Waals surface area contributed by atoms with E-state index in [1.54, 1.807) is 6.08 Å². The van der Waals surface area contributed by atoms with E-state index in [9.17, 15) is 30.3 Å². The molecule has 0 bridgehead atoms. The number of nitrogens with one attached hydrogen (secondary N) is 1. The molecule has 7 unspecified atom stereocenters. The van der Waals surface area contributed by atoms with Crippen LogP contribution in [0, 0.1) is 0 Å². The van der Waals surface area contributed by atoms with Crippen LogP contribution in [0.25, 0.3) is 0 Å². The summed E-state index contributed by atoms with van der Waals surface area (Å²) in [7, 11) is 0. The molecule has 0 aliphatic carbocycles. The predicted octanol–water partition coefficient (Wildman–Crippen LogP) is 19.5. The molecule has 1 amide bonds. The number of rotatable bonds is 61. The maximum absolute atomic E-state index is 13.1. The summed E-state index contributed by atoms with van der Waals surface area (Å²) in [5.74, 6) is -0.176. The van der Waals surface area contributed by atoms with Crippen LogP contribution in [-0.2, 0) is 14.3 Å². The van der Waals surface area contributed by atoms with Crippen molar-refractivity contribution in [2.24, 2.45) is 0 Å². The highest BCUT2D eigenvalue weighted by atomic mass is 16.7. The standard InChI is InChI=1S/C75H133NO8/c1-3-5-7-9-11-13-15-17-19-21-23-25-27-29-30-31-32-33-34-35-36-37-38-39-40-41-43-45-47-49-51-53-55-57-59-61-63-65-71(79)76-68(67-83-75-74(82)73(81)72(80)70(66-77)84-75)69(78)64-62-60-58-56-54-52-50-48-46-44-42-28-26-24-22-20-18-16-14-12-10-8-6-4-2/h5,7,11,13,17,19,23,25,29-30,32-33,35-36,62,64,68-70,72-75,77-78,80-82H,3-4,6,8-10,12,14-16,18,20-22,24,26-28,31,34,37-61,63,65-67H2,1-2H3,(H,76,79)/b7-5-,13-11-,19-17-,25-23-,30-29-,33-32-,36-35-,64-62+. The van der Waals surface area contributed by atoms with Gasteiger partial charge in [0.2, 0.25) is 5.91 Å². The molecule has 84 heavy (non-hydrogen) atoms. The lowest BCUT2D eigenvalue weighted by atomic mass is 9.99. The molecule has 1 heterocycles. The topological polar surface area (TPSA) is 149 Å². The van der Waals surface area contributed by atoms with Crippen molar-refractivity contribution in [3.8, 4) is 0 Å². The van der Waals surface area contributed by atoms with Crippen LogP contribution in [0.2, 0.25) is 0 Å². The highest BCUT2D eigenvalue weighted by molar-refractivity contribution is 5.76. The first-order valence-electron chi connectivity index (χ1n) is 35.5. The lowest BCUT2D eigenvalue weighted by molar-refractivity contribution is -0.302. The maximum atomic E-state index is 13.1. The number of ether oxygens (including phenoxy) is 2. The molecule has 1 aliphatic rings. The third kappa shape index (κ3) is 51.2. The summed E-state index contributed by atoms with van der Waals surface area (Å²) in [5.41, 5.74) is 0. The minimum atomic E-state index is -1.57. The van der Waals surface area contributed by atoms with Crippen LogP contribution < -0.4 is 5.32 Å². The Morgan fingerprint density at radius 2 is 0.738 bits per heavy atom. The van der Waals surface area contributed by atoms with E-state index in [1.807, 2.05) is 6.08 Å². The van der Waals surface area contributed by atoms with Gasteiger partial charge in [-0.25, -0.2) is 0 Å². The van der Waals surface area contributed by atoms with Crippen molar-refractivity contribution in [3.05, 3.63) is 97.2 Å². The fourth-order valence-corrected chi connectivity index (χ4v) is 10.9. The molecule has 0 radical (unpaired) electrons. The average Bonchev–Trinajstić information content (AvgIpc) is 3.70. The number of allylic oxidation sites excluding steroid dienone is 15. The summed E-state index contributed by atoms with van der Waals surface area (Å²) >= 11 is 0. The average molecular weight is 1180 g/mol. The van der Waals surface area contributed by atoms with Gasteiger partial charge in [0.15, 0.2) is 6.29 Å². The molecule has 1 fully saturated rings. The molecule has 0 spiro atoms. The van der Waals surface area contributed by atoms with Crippen LogP contribution in [0.4, 0.5) is 0 Å². The normalized spacial score (nSPS) is 18.8. The zero-order valence-electron chi connectivity index (χ0n) is 54.4. The Kier molecular flexibility index (Phi) is 59.5. The Morgan fingerprint density at radius 1 is 0.417 bits per heavy atom. The monoisotopic (exact) mass is 1180 g/mol. The molecule has 1 rings (SSSR count). The summed E-state index contributed by atoms with van der Waals surface area (Å²) in [6, 6.07) is -0.811. The van der Waals surface area contributed by atoms with Crippen LogP contribution in [0.1, 0.15) is 316 Å². The van der Waals surface area contributed by atoms with E-state index in [0.29, 0.717) is 6.42 Å².